The summed E-state index contributed by atoms with van der Waals surface area (Å²) in [5.41, 5.74) is 3.48. The summed E-state index contributed by atoms with van der Waals surface area (Å²) >= 11 is 0. The van der Waals surface area contributed by atoms with E-state index in [0.717, 1.165) is 11.0 Å². The first-order valence-corrected chi connectivity index (χ1v) is 5.12. The van der Waals surface area contributed by atoms with Crippen LogP contribution in [0.5, 0.6) is 0 Å². The van der Waals surface area contributed by atoms with E-state index in [1.807, 2.05) is 12.3 Å². The van der Waals surface area contributed by atoms with E-state index in [2.05, 4.69) is 51.5 Å². The lowest BCUT2D eigenvalue weighted by Crippen LogP contribution is -1.98. The van der Waals surface area contributed by atoms with E-state index in [1.54, 1.807) is 0 Å². The Bertz CT molecular complexity index is 452. The number of nitrogens with zero attached hydrogens (tertiary/aromatic N) is 1. The first kappa shape index (κ1) is 9.36. The van der Waals surface area contributed by atoms with Gasteiger partial charge in [0, 0.05) is 11.8 Å². The molecule has 14 heavy (non-hydrogen) atoms. The minimum absolute atomic E-state index is 1.04. The molecule has 0 aliphatic rings. The molecule has 1 aromatic carbocycles. The molecule has 0 radical (unpaired) electrons. The van der Waals surface area contributed by atoms with E-state index in [1.165, 1.54) is 11.1 Å². The molecule has 0 spiro atoms. The Balaban J connectivity index is 2.55. The second-order valence-electron chi connectivity index (χ2n) is 3.31. The molecule has 0 aliphatic heterocycles. The Labute approximate surface area is 86.4 Å². The Morgan fingerprint density at radius 2 is 2.00 bits per heavy atom. The molecule has 70 valence electrons. The summed E-state index contributed by atoms with van der Waals surface area (Å²) in [4.78, 5) is 4.37. The highest BCUT2D eigenvalue weighted by atomic mass is 31.0. The first-order chi connectivity index (χ1) is 6.77. The summed E-state index contributed by atoms with van der Waals surface area (Å²) in [5, 5.41) is 1.14. The van der Waals surface area contributed by atoms with Crippen molar-refractivity contribution in [1.29, 1.82) is 0 Å². The second-order valence-corrected chi connectivity index (χ2v) is 3.93. The number of pyridine rings is 1. The normalized spacial score (nSPS) is 10.1. The summed E-state index contributed by atoms with van der Waals surface area (Å²) < 4.78 is 0. The van der Waals surface area contributed by atoms with Crippen molar-refractivity contribution < 1.29 is 0 Å². The van der Waals surface area contributed by atoms with Crippen LogP contribution in [0, 0.1) is 6.92 Å². The van der Waals surface area contributed by atoms with Crippen molar-refractivity contribution in [3.63, 3.8) is 0 Å². The fourth-order valence-corrected chi connectivity index (χ4v) is 1.80. The van der Waals surface area contributed by atoms with Gasteiger partial charge in [-0.1, -0.05) is 29.8 Å². The minimum Gasteiger partial charge on any atom is -0.256 e. The summed E-state index contributed by atoms with van der Waals surface area (Å²) in [6, 6.07) is 12.4. The Hall–Kier alpha value is -1.20. The first-order valence-electron chi connectivity index (χ1n) is 4.55. The summed E-state index contributed by atoms with van der Waals surface area (Å²) in [6.45, 7) is 2.09. The van der Waals surface area contributed by atoms with Gasteiger partial charge in [-0.05, 0) is 24.4 Å². The van der Waals surface area contributed by atoms with Crippen LogP contribution in [0.4, 0.5) is 0 Å². The largest absolute Gasteiger partial charge is 0.256 e. The minimum atomic E-state index is 1.04. The highest BCUT2D eigenvalue weighted by molar-refractivity contribution is 7.27. The Kier molecular flexibility index (Phi) is 2.60. The van der Waals surface area contributed by atoms with Crippen LogP contribution in [-0.2, 0) is 0 Å². The molecule has 2 rings (SSSR count). The van der Waals surface area contributed by atoms with Crippen molar-refractivity contribution in [2.24, 2.45) is 0 Å². The van der Waals surface area contributed by atoms with Crippen molar-refractivity contribution in [2.45, 2.75) is 6.92 Å². The zero-order chi connectivity index (χ0) is 9.97. The molecule has 2 heteroatoms. The quantitative estimate of drug-likeness (QED) is 0.646. The van der Waals surface area contributed by atoms with Crippen LogP contribution in [0.1, 0.15) is 5.56 Å². The van der Waals surface area contributed by atoms with Crippen molar-refractivity contribution in [3.05, 3.63) is 48.2 Å². The smallest absolute Gasteiger partial charge is 0.0773 e. The number of hydrogen-bond acceptors (Lipinski definition) is 1. The van der Waals surface area contributed by atoms with Gasteiger partial charge in [0.15, 0.2) is 0 Å². The maximum absolute atomic E-state index is 4.37. The average molecular weight is 201 g/mol. The van der Waals surface area contributed by atoms with Gasteiger partial charge in [0.1, 0.15) is 0 Å². The number of aromatic nitrogens is 1. The third kappa shape index (κ3) is 1.83. The summed E-state index contributed by atoms with van der Waals surface area (Å²) in [7, 11) is 2.71. The molecule has 1 nitrogen and oxygen atoms in total. The maximum atomic E-state index is 4.37. The van der Waals surface area contributed by atoms with Gasteiger partial charge in [0.05, 0.1) is 5.69 Å². The number of rotatable bonds is 1. The summed E-state index contributed by atoms with van der Waals surface area (Å²) in [6.07, 6.45) is 1.82. The molecule has 1 unspecified atom stereocenters. The van der Waals surface area contributed by atoms with Gasteiger partial charge >= 0.3 is 0 Å². The molecule has 0 N–H and O–H groups in total. The van der Waals surface area contributed by atoms with Crippen LogP contribution in [0.25, 0.3) is 11.3 Å². The Morgan fingerprint density at radius 3 is 2.71 bits per heavy atom. The van der Waals surface area contributed by atoms with E-state index in [4.69, 9.17) is 0 Å². The predicted molar refractivity (Wildman–Crippen MR) is 63.8 cm³/mol. The highest BCUT2D eigenvalue weighted by Gasteiger charge is 2.01. The lowest BCUT2D eigenvalue weighted by atomic mass is 10.1. The molecular weight excluding hydrogens is 189 g/mol. The van der Waals surface area contributed by atoms with Crippen LogP contribution < -0.4 is 5.30 Å². The third-order valence-electron chi connectivity index (χ3n) is 2.13. The van der Waals surface area contributed by atoms with Gasteiger partial charge in [-0.2, -0.15) is 0 Å². The molecule has 1 heterocycles. The molecule has 0 fully saturated rings. The average Bonchev–Trinajstić information content (AvgIpc) is 2.18. The third-order valence-corrected chi connectivity index (χ3v) is 2.60. The van der Waals surface area contributed by atoms with Gasteiger partial charge in [-0.25, -0.2) is 0 Å². The van der Waals surface area contributed by atoms with E-state index in [-0.39, 0.29) is 0 Å². The molecule has 1 aromatic heterocycles. The molecular formula is C12H12NP. The number of hydrogen-bond donors (Lipinski definition) is 0. The lowest BCUT2D eigenvalue weighted by Gasteiger charge is -2.04. The van der Waals surface area contributed by atoms with E-state index in [9.17, 15) is 0 Å². The van der Waals surface area contributed by atoms with E-state index in [0.29, 0.717) is 0 Å². The molecule has 2 aromatic rings. The van der Waals surface area contributed by atoms with Crippen molar-refractivity contribution in [2.75, 3.05) is 0 Å². The monoisotopic (exact) mass is 201 g/mol. The standard InChI is InChI=1S/C12H12NP/c1-9-4-2-5-10(8-9)12-11(14)6-3-7-13-12/h2-8H,14H2,1H3. The van der Waals surface area contributed by atoms with Crippen LogP contribution in [0.2, 0.25) is 0 Å². The molecule has 0 bridgehead atoms. The van der Waals surface area contributed by atoms with Crippen molar-refractivity contribution >= 4 is 14.5 Å². The van der Waals surface area contributed by atoms with Gasteiger partial charge in [-0.3, -0.25) is 4.98 Å². The SMILES string of the molecule is Cc1cccc(-c2ncccc2P)c1. The molecule has 0 aliphatic carbocycles. The van der Waals surface area contributed by atoms with Gasteiger partial charge in [-0.15, -0.1) is 9.24 Å². The number of benzene rings is 1. The van der Waals surface area contributed by atoms with E-state index >= 15 is 0 Å². The zero-order valence-electron chi connectivity index (χ0n) is 8.07. The lowest BCUT2D eigenvalue weighted by molar-refractivity contribution is 1.34. The molecule has 1 atom stereocenters. The fourth-order valence-electron chi connectivity index (χ4n) is 1.45. The van der Waals surface area contributed by atoms with Crippen molar-refractivity contribution in [1.82, 2.24) is 4.98 Å². The van der Waals surface area contributed by atoms with Crippen molar-refractivity contribution in [3.8, 4) is 11.3 Å². The second kappa shape index (κ2) is 3.89. The van der Waals surface area contributed by atoms with Gasteiger partial charge < -0.3 is 0 Å². The zero-order valence-corrected chi connectivity index (χ0v) is 9.22. The summed E-state index contributed by atoms with van der Waals surface area (Å²) in [5.74, 6) is 0. The van der Waals surface area contributed by atoms with Crippen LogP contribution in [-0.4, -0.2) is 4.98 Å². The van der Waals surface area contributed by atoms with Gasteiger partial charge in [0.25, 0.3) is 0 Å². The molecule has 0 saturated carbocycles. The maximum Gasteiger partial charge on any atom is 0.0773 e. The van der Waals surface area contributed by atoms with Crippen LogP contribution in [0.3, 0.4) is 0 Å². The topological polar surface area (TPSA) is 12.9 Å². The molecule has 0 saturated heterocycles. The van der Waals surface area contributed by atoms with Crippen LogP contribution >= 0.6 is 9.24 Å². The van der Waals surface area contributed by atoms with Crippen LogP contribution in [0.15, 0.2) is 42.6 Å². The molecule has 0 amide bonds. The fraction of sp³-hybridized carbons (Fsp3) is 0.0833. The van der Waals surface area contributed by atoms with Gasteiger partial charge in [0.2, 0.25) is 0 Å². The highest BCUT2D eigenvalue weighted by Crippen LogP contribution is 2.17. The van der Waals surface area contributed by atoms with E-state index < -0.39 is 0 Å². The Morgan fingerprint density at radius 1 is 1.14 bits per heavy atom. The number of aryl methyl sites for hydroxylation is 1. The predicted octanol–water partition coefficient (Wildman–Crippen LogP) is 2.56.